The molecule has 0 aromatic carbocycles. The van der Waals surface area contributed by atoms with Crippen LogP contribution in [0.1, 0.15) is 56.4 Å². The molecule has 1 aromatic rings. The van der Waals surface area contributed by atoms with Gasteiger partial charge >= 0.3 is 12.1 Å². The molecule has 1 aliphatic rings. The number of carbonyl (C=O) groups excluding carboxylic acids is 2. The van der Waals surface area contributed by atoms with Gasteiger partial charge in [-0.05, 0) is 34.6 Å². The number of carbonyl (C=O) groups is 2. The second-order valence-corrected chi connectivity index (χ2v) is 6.78. The second kappa shape index (κ2) is 6.22. The molecule has 0 bridgehead atoms. The minimum Gasteiger partial charge on any atom is -0.461 e. The summed E-state index contributed by atoms with van der Waals surface area (Å²) in [4.78, 5) is 26.2. The topological polar surface area (TPSA) is 73.7 Å². The molecule has 2 heterocycles. The molecule has 0 spiro atoms. The molecule has 7 heteroatoms. The van der Waals surface area contributed by atoms with Crippen molar-refractivity contribution >= 4 is 12.1 Å². The first-order chi connectivity index (χ1) is 10.6. The molecule has 0 radical (unpaired) electrons. The number of aryl methyl sites for hydroxylation is 1. The Labute approximate surface area is 136 Å². The molecule has 0 N–H and O–H groups in total. The number of nitrogens with zero attached hydrogens (tertiary/aromatic N) is 3. The summed E-state index contributed by atoms with van der Waals surface area (Å²) in [6.07, 6.45) is 0.205. The SMILES string of the molecule is CCOC(=O)c1c2c(nn1C)C[C@H](C)N(C(=O)OC(C)(C)C)C2. The van der Waals surface area contributed by atoms with Gasteiger partial charge in [0.25, 0.3) is 0 Å². The summed E-state index contributed by atoms with van der Waals surface area (Å²) < 4.78 is 12.1. The van der Waals surface area contributed by atoms with Crippen LogP contribution in [0.5, 0.6) is 0 Å². The summed E-state index contributed by atoms with van der Waals surface area (Å²) in [7, 11) is 1.72. The number of amides is 1. The van der Waals surface area contributed by atoms with E-state index in [0.29, 0.717) is 25.3 Å². The molecule has 7 nitrogen and oxygen atoms in total. The first-order valence-electron chi connectivity index (χ1n) is 7.85. The largest absolute Gasteiger partial charge is 0.461 e. The number of aromatic nitrogens is 2. The van der Waals surface area contributed by atoms with Gasteiger partial charge in [-0.15, -0.1) is 0 Å². The molecule has 0 unspecified atom stereocenters. The van der Waals surface area contributed by atoms with Gasteiger partial charge in [-0.3, -0.25) is 4.68 Å². The number of hydrogen-bond acceptors (Lipinski definition) is 5. The van der Waals surface area contributed by atoms with Gasteiger partial charge in [-0.1, -0.05) is 0 Å². The third kappa shape index (κ3) is 3.65. The van der Waals surface area contributed by atoms with E-state index in [0.717, 1.165) is 11.3 Å². The highest BCUT2D eigenvalue weighted by molar-refractivity contribution is 5.89. The van der Waals surface area contributed by atoms with Crippen LogP contribution >= 0.6 is 0 Å². The lowest BCUT2D eigenvalue weighted by molar-refractivity contribution is 0.0134. The van der Waals surface area contributed by atoms with Crippen molar-refractivity contribution in [3.05, 3.63) is 17.0 Å². The molecule has 2 rings (SSSR count). The van der Waals surface area contributed by atoms with Crippen molar-refractivity contribution in [1.29, 1.82) is 0 Å². The van der Waals surface area contributed by atoms with Gasteiger partial charge in [-0.2, -0.15) is 5.10 Å². The fourth-order valence-corrected chi connectivity index (χ4v) is 2.69. The quantitative estimate of drug-likeness (QED) is 0.781. The summed E-state index contributed by atoms with van der Waals surface area (Å²) in [5.41, 5.74) is 1.43. The van der Waals surface area contributed by atoms with Gasteiger partial charge in [0, 0.05) is 25.1 Å². The van der Waals surface area contributed by atoms with Gasteiger partial charge in [-0.25, -0.2) is 9.59 Å². The molecule has 0 aliphatic carbocycles. The van der Waals surface area contributed by atoms with Crippen LogP contribution in [-0.2, 0) is 29.5 Å². The maximum absolute atomic E-state index is 12.4. The molecule has 1 aliphatic heterocycles. The predicted octanol–water partition coefficient (Wildman–Crippen LogP) is 2.28. The number of ether oxygens (including phenoxy) is 2. The van der Waals surface area contributed by atoms with Crippen LogP contribution in [0, 0.1) is 0 Å². The molecule has 1 aromatic heterocycles. The van der Waals surface area contributed by atoms with Gasteiger partial charge in [0.05, 0.1) is 18.8 Å². The summed E-state index contributed by atoms with van der Waals surface area (Å²) in [6, 6.07) is -0.0395. The molecule has 0 fully saturated rings. The second-order valence-electron chi connectivity index (χ2n) is 6.78. The Morgan fingerprint density at radius 1 is 1.35 bits per heavy atom. The first kappa shape index (κ1) is 17.3. The van der Waals surface area contributed by atoms with Crippen molar-refractivity contribution in [2.75, 3.05) is 6.61 Å². The van der Waals surface area contributed by atoms with Gasteiger partial charge < -0.3 is 14.4 Å². The smallest absolute Gasteiger partial charge is 0.410 e. The third-order valence-corrected chi connectivity index (χ3v) is 3.67. The van der Waals surface area contributed by atoms with Crippen molar-refractivity contribution in [2.24, 2.45) is 7.05 Å². The van der Waals surface area contributed by atoms with E-state index in [1.807, 2.05) is 27.7 Å². The Morgan fingerprint density at radius 2 is 2.00 bits per heavy atom. The maximum Gasteiger partial charge on any atom is 0.410 e. The lowest BCUT2D eigenvalue weighted by Gasteiger charge is -2.34. The summed E-state index contributed by atoms with van der Waals surface area (Å²) in [6.45, 7) is 9.80. The van der Waals surface area contributed by atoms with Crippen molar-refractivity contribution in [3.8, 4) is 0 Å². The van der Waals surface area contributed by atoms with Crippen LogP contribution in [-0.4, -0.2) is 45.0 Å². The zero-order valence-electron chi connectivity index (χ0n) is 14.7. The van der Waals surface area contributed by atoms with Crippen LogP contribution in [0.3, 0.4) is 0 Å². The number of fused-ring (bicyclic) bond motifs is 1. The maximum atomic E-state index is 12.4. The highest BCUT2D eigenvalue weighted by atomic mass is 16.6. The normalized spacial score (nSPS) is 17.7. The van der Waals surface area contributed by atoms with Crippen molar-refractivity contribution in [3.63, 3.8) is 0 Å². The molecule has 1 atom stereocenters. The van der Waals surface area contributed by atoms with Crippen LogP contribution < -0.4 is 0 Å². The van der Waals surface area contributed by atoms with E-state index in [4.69, 9.17) is 9.47 Å². The van der Waals surface area contributed by atoms with Crippen LogP contribution in [0.15, 0.2) is 0 Å². The minimum atomic E-state index is -0.560. The summed E-state index contributed by atoms with van der Waals surface area (Å²) in [5.74, 6) is -0.414. The van der Waals surface area contributed by atoms with Crippen molar-refractivity contribution in [2.45, 2.75) is 59.2 Å². The fraction of sp³-hybridized carbons (Fsp3) is 0.688. The summed E-state index contributed by atoms with van der Waals surface area (Å²) >= 11 is 0. The summed E-state index contributed by atoms with van der Waals surface area (Å²) in [5, 5.41) is 4.41. The molecule has 1 amide bonds. The highest BCUT2D eigenvalue weighted by Crippen LogP contribution is 2.27. The van der Waals surface area contributed by atoms with E-state index in [-0.39, 0.29) is 12.1 Å². The van der Waals surface area contributed by atoms with E-state index in [2.05, 4.69) is 5.10 Å². The van der Waals surface area contributed by atoms with Crippen molar-refractivity contribution in [1.82, 2.24) is 14.7 Å². The highest BCUT2D eigenvalue weighted by Gasteiger charge is 2.35. The Kier molecular flexibility index (Phi) is 4.68. The Morgan fingerprint density at radius 3 is 2.57 bits per heavy atom. The number of hydrogen-bond donors (Lipinski definition) is 0. The Bertz CT molecular complexity index is 616. The van der Waals surface area contributed by atoms with Crippen molar-refractivity contribution < 1.29 is 19.1 Å². The van der Waals surface area contributed by atoms with E-state index >= 15 is 0 Å². The Hall–Kier alpha value is -2.05. The standard InChI is InChI=1S/C16H25N3O4/c1-7-22-14(20)13-11-9-19(15(21)23-16(3,4)5)10(2)8-12(11)17-18(13)6/h10H,7-9H2,1-6H3/t10-/m0/s1. The Balaban J connectivity index is 2.30. The zero-order chi connectivity index (χ0) is 17.4. The lowest BCUT2D eigenvalue weighted by atomic mass is 10.00. The van der Waals surface area contributed by atoms with Crippen LogP contribution in [0.2, 0.25) is 0 Å². The predicted molar refractivity (Wildman–Crippen MR) is 84.1 cm³/mol. The molecular formula is C16H25N3O4. The van der Waals surface area contributed by atoms with Crippen LogP contribution in [0.4, 0.5) is 4.79 Å². The monoisotopic (exact) mass is 323 g/mol. The van der Waals surface area contributed by atoms with Gasteiger partial charge in [0.2, 0.25) is 0 Å². The molecule has 0 saturated carbocycles. The van der Waals surface area contributed by atoms with E-state index < -0.39 is 11.6 Å². The average Bonchev–Trinajstić information content (AvgIpc) is 2.70. The van der Waals surface area contributed by atoms with E-state index in [9.17, 15) is 9.59 Å². The third-order valence-electron chi connectivity index (χ3n) is 3.67. The molecule has 23 heavy (non-hydrogen) atoms. The van der Waals surface area contributed by atoms with E-state index in [1.165, 1.54) is 4.68 Å². The number of rotatable bonds is 2. The van der Waals surface area contributed by atoms with Gasteiger partial charge in [0.15, 0.2) is 5.69 Å². The minimum absolute atomic E-state index is 0.0395. The zero-order valence-corrected chi connectivity index (χ0v) is 14.7. The molecular weight excluding hydrogens is 298 g/mol. The fourth-order valence-electron chi connectivity index (χ4n) is 2.69. The van der Waals surface area contributed by atoms with Gasteiger partial charge in [0.1, 0.15) is 5.60 Å². The average molecular weight is 323 g/mol. The molecule has 128 valence electrons. The van der Waals surface area contributed by atoms with Crippen LogP contribution in [0.25, 0.3) is 0 Å². The lowest BCUT2D eigenvalue weighted by Crippen LogP contribution is -2.45. The number of esters is 1. The molecule has 0 saturated heterocycles. The van der Waals surface area contributed by atoms with E-state index in [1.54, 1.807) is 18.9 Å². The first-order valence-corrected chi connectivity index (χ1v) is 7.85.